The Kier molecular flexibility index (Phi) is 5.16. The van der Waals surface area contributed by atoms with Crippen LogP contribution in [-0.2, 0) is 10.0 Å². The van der Waals surface area contributed by atoms with Crippen LogP contribution in [0.25, 0.3) is 10.4 Å². The molecular formula is C15H10Cl3NO2S3. The molecule has 0 saturated heterocycles. The van der Waals surface area contributed by atoms with Crippen molar-refractivity contribution in [2.45, 2.75) is 11.8 Å². The third-order valence-corrected chi connectivity index (χ3v) is 7.41. The SMILES string of the molecule is Cc1cc(Cl)cc(Cl)c1S(=O)(=O)Nc1cscc1-c1ccc(Cl)s1. The summed E-state index contributed by atoms with van der Waals surface area (Å²) in [6.07, 6.45) is 0. The van der Waals surface area contributed by atoms with Crippen molar-refractivity contribution in [1.29, 1.82) is 0 Å². The predicted octanol–water partition coefficient (Wildman–Crippen LogP) is 6.55. The Morgan fingerprint density at radius 1 is 1.08 bits per heavy atom. The van der Waals surface area contributed by atoms with E-state index in [-0.39, 0.29) is 9.92 Å². The van der Waals surface area contributed by atoms with Crippen molar-refractivity contribution in [2.75, 3.05) is 4.72 Å². The zero-order valence-corrected chi connectivity index (χ0v) is 16.9. The van der Waals surface area contributed by atoms with E-state index in [1.54, 1.807) is 24.4 Å². The van der Waals surface area contributed by atoms with Gasteiger partial charge in [0.2, 0.25) is 0 Å². The molecule has 0 fully saturated rings. The zero-order valence-electron chi connectivity index (χ0n) is 12.1. The van der Waals surface area contributed by atoms with Gasteiger partial charge in [0.1, 0.15) is 4.90 Å². The van der Waals surface area contributed by atoms with Crippen molar-refractivity contribution in [3.8, 4) is 10.4 Å². The van der Waals surface area contributed by atoms with Crippen molar-refractivity contribution >= 4 is 73.2 Å². The van der Waals surface area contributed by atoms with Crippen molar-refractivity contribution in [3.05, 3.63) is 55.0 Å². The largest absolute Gasteiger partial charge is 0.278 e. The Hall–Kier alpha value is -0.760. The van der Waals surface area contributed by atoms with E-state index in [0.717, 1.165) is 10.4 Å². The first-order chi connectivity index (χ1) is 11.3. The summed E-state index contributed by atoms with van der Waals surface area (Å²) in [7, 11) is -3.85. The second-order valence-corrected chi connectivity index (χ2v) is 9.86. The van der Waals surface area contributed by atoms with Gasteiger partial charge in [-0.25, -0.2) is 8.42 Å². The second kappa shape index (κ2) is 6.86. The Labute approximate surface area is 162 Å². The Morgan fingerprint density at radius 3 is 2.46 bits per heavy atom. The summed E-state index contributed by atoms with van der Waals surface area (Å²) in [6.45, 7) is 1.65. The second-order valence-electron chi connectivity index (χ2n) is 4.94. The minimum atomic E-state index is -3.85. The highest BCUT2D eigenvalue weighted by atomic mass is 35.5. The summed E-state index contributed by atoms with van der Waals surface area (Å²) in [5.74, 6) is 0. The van der Waals surface area contributed by atoms with Crippen LogP contribution in [0.5, 0.6) is 0 Å². The van der Waals surface area contributed by atoms with Crippen LogP contribution in [0, 0.1) is 6.92 Å². The van der Waals surface area contributed by atoms with E-state index < -0.39 is 10.0 Å². The van der Waals surface area contributed by atoms with Gasteiger partial charge in [-0.2, -0.15) is 0 Å². The lowest BCUT2D eigenvalue weighted by molar-refractivity contribution is 0.600. The number of rotatable bonds is 4. The molecule has 24 heavy (non-hydrogen) atoms. The van der Waals surface area contributed by atoms with Crippen LogP contribution in [-0.4, -0.2) is 8.42 Å². The van der Waals surface area contributed by atoms with E-state index in [2.05, 4.69) is 4.72 Å². The summed E-state index contributed by atoms with van der Waals surface area (Å²) in [5.41, 5.74) is 1.75. The van der Waals surface area contributed by atoms with Crippen LogP contribution in [0.4, 0.5) is 5.69 Å². The molecule has 0 aliphatic heterocycles. The summed E-state index contributed by atoms with van der Waals surface area (Å²) in [5, 5.41) is 4.08. The molecule has 1 N–H and O–H groups in total. The number of nitrogens with one attached hydrogen (secondary N) is 1. The lowest BCUT2D eigenvalue weighted by Crippen LogP contribution is -2.15. The van der Waals surface area contributed by atoms with Gasteiger partial charge in [0, 0.05) is 26.2 Å². The molecule has 0 radical (unpaired) electrons. The summed E-state index contributed by atoms with van der Waals surface area (Å²) in [6, 6.07) is 6.61. The highest BCUT2D eigenvalue weighted by molar-refractivity contribution is 7.93. The molecule has 126 valence electrons. The topological polar surface area (TPSA) is 46.2 Å². The van der Waals surface area contributed by atoms with Gasteiger partial charge in [0.15, 0.2) is 0 Å². The van der Waals surface area contributed by atoms with E-state index >= 15 is 0 Å². The van der Waals surface area contributed by atoms with Crippen LogP contribution in [0.1, 0.15) is 5.56 Å². The fourth-order valence-electron chi connectivity index (χ4n) is 2.25. The van der Waals surface area contributed by atoms with Gasteiger partial charge in [-0.1, -0.05) is 34.8 Å². The summed E-state index contributed by atoms with van der Waals surface area (Å²) < 4.78 is 28.8. The zero-order chi connectivity index (χ0) is 17.5. The normalized spacial score (nSPS) is 11.7. The molecule has 0 aliphatic carbocycles. The quantitative estimate of drug-likeness (QED) is 0.502. The molecule has 9 heteroatoms. The Morgan fingerprint density at radius 2 is 1.83 bits per heavy atom. The minimum Gasteiger partial charge on any atom is -0.278 e. The fourth-order valence-corrected chi connectivity index (χ4v) is 6.51. The monoisotopic (exact) mass is 437 g/mol. The van der Waals surface area contributed by atoms with E-state index in [4.69, 9.17) is 34.8 Å². The molecule has 2 heterocycles. The van der Waals surface area contributed by atoms with E-state index in [1.165, 1.54) is 28.7 Å². The number of sulfonamides is 1. The maximum atomic E-state index is 12.8. The molecule has 3 rings (SSSR count). The van der Waals surface area contributed by atoms with Crippen molar-refractivity contribution in [1.82, 2.24) is 0 Å². The molecule has 0 unspecified atom stereocenters. The molecule has 3 nitrogen and oxygen atoms in total. The number of hydrogen-bond acceptors (Lipinski definition) is 4. The summed E-state index contributed by atoms with van der Waals surface area (Å²) in [4.78, 5) is 0.910. The van der Waals surface area contributed by atoms with Crippen molar-refractivity contribution in [2.24, 2.45) is 0 Å². The molecule has 0 bridgehead atoms. The molecule has 3 aromatic rings. The smallest absolute Gasteiger partial charge is 0.263 e. The number of hydrogen-bond donors (Lipinski definition) is 1. The third kappa shape index (κ3) is 3.59. The first-order valence-electron chi connectivity index (χ1n) is 6.58. The first kappa shape index (κ1) is 18.0. The van der Waals surface area contributed by atoms with Crippen LogP contribution in [0.2, 0.25) is 14.4 Å². The van der Waals surface area contributed by atoms with Gasteiger partial charge in [0.25, 0.3) is 10.0 Å². The number of aryl methyl sites for hydroxylation is 1. The average Bonchev–Trinajstić information content (AvgIpc) is 3.05. The first-order valence-corrected chi connectivity index (χ1v) is 11.0. The summed E-state index contributed by atoms with van der Waals surface area (Å²) >= 11 is 20.8. The molecule has 0 amide bonds. The van der Waals surface area contributed by atoms with Crippen LogP contribution in [0.3, 0.4) is 0 Å². The van der Waals surface area contributed by atoms with E-state index in [1.807, 2.05) is 11.4 Å². The maximum Gasteiger partial charge on any atom is 0.263 e. The van der Waals surface area contributed by atoms with Crippen LogP contribution in [0.15, 0.2) is 39.9 Å². The fraction of sp³-hybridized carbons (Fsp3) is 0.0667. The van der Waals surface area contributed by atoms with Gasteiger partial charge in [0.05, 0.1) is 15.0 Å². The lowest BCUT2D eigenvalue weighted by atomic mass is 10.2. The number of benzene rings is 1. The van der Waals surface area contributed by atoms with Crippen molar-refractivity contribution < 1.29 is 8.42 Å². The molecular weight excluding hydrogens is 429 g/mol. The molecule has 0 saturated carbocycles. The number of anilines is 1. The molecule has 0 spiro atoms. The lowest BCUT2D eigenvalue weighted by Gasteiger charge is -2.12. The van der Waals surface area contributed by atoms with E-state index in [0.29, 0.717) is 20.6 Å². The standard InChI is InChI=1S/C15H10Cl3NO2S3/c1-8-4-9(16)5-11(17)15(8)24(20,21)19-12-7-22-6-10(12)13-2-3-14(18)23-13/h2-7,19H,1H3. The number of thiophene rings is 2. The molecule has 1 aromatic carbocycles. The van der Waals surface area contributed by atoms with Gasteiger partial charge in [-0.3, -0.25) is 4.72 Å². The highest BCUT2D eigenvalue weighted by Gasteiger charge is 2.23. The predicted molar refractivity (Wildman–Crippen MR) is 105 cm³/mol. The maximum absolute atomic E-state index is 12.8. The molecule has 2 aromatic heterocycles. The number of halogens is 3. The Bertz CT molecular complexity index is 986. The van der Waals surface area contributed by atoms with E-state index in [9.17, 15) is 8.42 Å². The minimum absolute atomic E-state index is 0.0231. The van der Waals surface area contributed by atoms with Gasteiger partial charge in [-0.05, 0) is 36.8 Å². The third-order valence-electron chi connectivity index (χ3n) is 3.21. The van der Waals surface area contributed by atoms with Crippen LogP contribution < -0.4 is 4.72 Å². The van der Waals surface area contributed by atoms with Crippen LogP contribution >= 0.6 is 57.5 Å². The molecule has 0 atom stereocenters. The van der Waals surface area contributed by atoms with Gasteiger partial charge >= 0.3 is 0 Å². The van der Waals surface area contributed by atoms with Gasteiger partial charge in [-0.15, -0.1) is 22.7 Å². The van der Waals surface area contributed by atoms with Crippen molar-refractivity contribution in [3.63, 3.8) is 0 Å². The average molecular weight is 439 g/mol. The van der Waals surface area contributed by atoms with Gasteiger partial charge < -0.3 is 0 Å². The highest BCUT2D eigenvalue weighted by Crippen LogP contribution is 2.39. The Balaban J connectivity index is 2.02. The molecule has 0 aliphatic rings.